The van der Waals surface area contributed by atoms with E-state index in [0.717, 1.165) is 16.9 Å². The molecule has 2 atom stereocenters. The Hall–Kier alpha value is -3.16. The predicted molar refractivity (Wildman–Crippen MR) is 128 cm³/mol. The van der Waals surface area contributed by atoms with Gasteiger partial charge in [0.25, 0.3) is 0 Å². The van der Waals surface area contributed by atoms with E-state index >= 15 is 0 Å². The number of ether oxygens (including phenoxy) is 1. The molecule has 0 heterocycles. The predicted octanol–water partition coefficient (Wildman–Crippen LogP) is 2.93. The third-order valence-corrected chi connectivity index (χ3v) is 5.09. The molecule has 2 aromatic rings. The highest BCUT2D eigenvalue weighted by molar-refractivity contribution is 5.94. The second-order valence-corrected chi connectivity index (χ2v) is 8.33. The van der Waals surface area contributed by atoms with Crippen LogP contribution in [0.4, 0.5) is 0 Å². The number of aliphatic carboxylic acids is 1. The van der Waals surface area contributed by atoms with Crippen LogP contribution in [0.1, 0.15) is 31.4 Å². The van der Waals surface area contributed by atoms with Crippen LogP contribution in [0.2, 0.25) is 0 Å². The zero-order valence-corrected chi connectivity index (χ0v) is 19.5. The molecule has 0 aliphatic rings. The van der Waals surface area contributed by atoms with E-state index in [2.05, 4.69) is 10.6 Å². The van der Waals surface area contributed by atoms with Crippen molar-refractivity contribution in [3.05, 3.63) is 77.4 Å². The van der Waals surface area contributed by atoms with Crippen molar-refractivity contribution in [1.82, 2.24) is 10.6 Å². The van der Waals surface area contributed by atoms with Crippen LogP contribution in [0, 0.1) is 5.92 Å². The van der Waals surface area contributed by atoms with Crippen molar-refractivity contribution in [1.29, 1.82) is 0 Å². The topological polar surface area (TPSA) is 108 Å². The van der Waals surface area contributed by atoms with Crippen LogP contribution in [0.15, 0.2) is 66.2 Å². The summed E-state index contributed by atoms with van der Waals surface area (Å²) in [4.78, 5) is 24.1. The largest absolute Gasteiger partial charge is 0.497 e. The van der Waals surface area contributed by atoms with Gasteiger partial charge in [0.15, 0.2) is 0 Å². The highest BCUT2D eigenvalue weighted by atomic mass is 16.5. The minimum Gasteiger partial charge on any atom is -0.497 e. The van der Waals surface area contributed by atoms with Gasteiger partial charge in [-0.3, -0.25) is 4.79 Å². The number of hydrogen-bond acceptors (Lipinski definition) is 5. The first kappa shape index (κ1) is 26.1. The number of carboxylic acids is 1. The number of carbonyl (C=O) groups excluding carboxylic acids is 1. The van der Waals surface area contributed by atoms with Crippen molar-refractivity contribution < 1.29 is 24.5 Å². The van der Waals surface area contributed by atoms with Crippen LogP contribution >= 0.6 is 0 Å². The van der Waals surface area contributed by atoms with Gasteiger partial charge in [0.05, 0.1) is 25.7 Å². The summed E-state index contributed by atoms with van der Waals surface area (Å²) in [5.41, 5.74) is 2.02. The van der Waals surface area contributed by atoms with Crippen molar-refractivity contribution in [3.8, 4) is 5.75 Å². The monoisotopic (exact) mass is 454 g/mol. The summed E-state index contributed by atoms with van der Waals surface area (Å²) in [6.45, 7) is 4.50. The molecule has 0 aliphatic heterocycles. The van der Waals surface area contributed by atoms with Crippen LogP contribution in [0.25, 0.3) is 0 Å². The zero-order valence-electron chi connectivity index (χ0n) is 19.5. The molecule has 4 N–H and O–H groups in total. The normalized spacial score (nSPS) is 13.4. The van der Waals surface area contributed by atoms with Gasteiger partial charge in [0, 0.05) is 18.7 Å². The van der Waals surface area contributed by atoms with Crippen molar-refractivity contribution in [2.75, 3.05) is 13.7 Å². The number of methoxy groups -OCH3 is 1. The SMILES string of the molecule is COc1cccc(CNC[C@@H](O)[C@H](Cc2ccccc2)NC(=O)CC(=CC(C)C)C(=O)O)c1. The van der Waals surface area contributed by atoms with Crippen molar-refractivity contribution >= 4 is 11.9 Å². The summed E-state index contributed by atoms with van der Waals surface area (Å²) in [5.74, 6) is -0.779. The molecule has 0 aromatic heterocycles. The van der Waals surface area contributed by atoms with Crippen molar-refractivity contribution in [2.24, 2.45) is 5.92 Å². The fourth-order valence-corrected chi connectivity index (χ4v) is 3.48. The summed E-state index contributed by atoms with van der Waals surface area (Å²) in [7, 11) is 1.61. The van der Waals surface area contributed by atoms with Gasteiger partial charge in [-0.15, -0.1) is 0 Å². The number of hydrogen-bond donors (Lipinski definition) is 4. The Morgan fingerprint density at radius 3 is 2.39 bits per heavy atom. The van der Waals surface area contributed by atoms with Gasteiger partial charge >= 0.3 is 5.97 Å². The molecular formula is C26H34N2O5. The molecule has 7 heteroatoms. The minimum absolute atomic E-state index is 0.00965. The van der Waals surface area contributed by atoms with E-state index in [9.17, 15) is 19.8 Å². The maximum atomic E-state index is 12.6. The lowest BCUT2D eigenvalue weighted by atomic mass is 10.00. The van der Waals surface area contributed by atoms with Crippen LogP contribution in [0.3, 0.4) is 0 Å². The minimum atomic E-state index is -1.11. The van der Waals surface area contributed by atoms with Gasteiger partial charge in [-0.25, -0.2) is 4.79 Å². The second-order valence-electron chi connectivity index (χ2n) is 8.33. The molecule has 33 heavy (non-hydrogen) atoms. The summed E-state index contributed by atoms with van der Waals surface area (Å²) in [6, 6.07) is 16.6. The van der Waals surface area contributed by atoms with Crippen molar-refractivity contribution in [2.45, 2.75) is 45.4 Å². The zero-order chi connectivity index (χ0) is 24.2. The molecule has 0 unspecified atom stereocenters. The summed E-state index contributed by atoms with van der Waals surface area (Å²) < 4.78 is 5.23. The highest BCUT2D eigenvalue weighted by Gasteiger charge is 2.23. The molecule has 0 radical (unpaired) electrons. The third-order valence-electron chi connectivity index (χ3n) is 5.09. The number of aliphatic hydroxyl groups excluding tert-OH is 1. The standard InChI is InChI=1S/C26H34N2O5/c1-18(2)12-21(26(31)32)15-25(30)28-23(14-19-8-5-4-6-9-19)24(29)17-27-16-20-10-7-11-22(13-20)33-3/h4-13,18,23-24,27,29H,14-17H2,1-3H3,(H,28,30)(H,31,32)/t23-,24+/m0/s1. The first-order chi connectivity index (χ1) is 15.8. The quantitative estimate of drug-likeness (QED) is 0.347. The molecule has 178 valence electrons. The number of carbonyl (C=O) groups is 2. The molecule has 0 fully saturated rings. The smallest absolute Gasteiger partial charge is 0.331 e. The molecule has 1 amide bonds. The Balaban J connectivity index is 2.04. The number of allylic oxidation sites excluding steroid dienone is 1. The number of rotatable bonds is 13. The number of carboxylic acid groups (broad SMARTS) is 1. The average Bonchev–Trinajstić information content (AvgIpc) is 2.78. The van der Waals surface area contributed by atoms with Crippen LogP contribution in [-0.2, 0) is 22.6 Å². The molecule has 2 aromatic carbocycles. The fourth-order valence-electron chi connectivity index (χ4n) is 3.48. The Morgan fingerprint density at radius 1 is 1.06 bits per heavy atom. The first-order valence-electron chi connectivity index (χ1n) is 11.1. The first-order valence-corrected chi connectivity index (χ1v) is 11.1. The average molecular weight is 455 g/mol. The number of nitrogens with one attached hydrogen (secondary N) is 2. The van der Waals surface area contributed by atoms with Gasteiger partial charge < -0.3 is 25.6 Å². The van der Waals surface area contributed by atoms with E-state index in [1.54, 1.807) is 13.2 Å². The van der Waals surface area contributed by atoms with Gasteiger partial charge in [-0.2, -0.15) is 0 Å². The third kappa shape index (κ3) is 9.47. The Morgan fingerprint density at radius 2 is 1.76 bits per heavy atom. The molecular weight excluding hydrogens is 420 g/mol. The lowest BCUT2D eigenvalue weighted by Crippen LogP contribution is -2.48. The lowest BCUT2D eigenvalue weighted by Gasteiger charge is -2.25. The Labute approximate surface area is 195 Å². The van der Waals surface area contributed by atoms with E-state index < -0.39 is 24.0 Å². The molecule has 2 rings (SSSR count). The molecule has 0 saturated carbocycles. The summed E-state index contributed by atoms with van der Waals surface area (Å²) in [5, 5.41) is 26.3. The van der Waals surface area contributed by atoms with Gasteiger partial charge in [0.2, 0.25) is 5.91 Å². The van der Waals surface area contributed by atoms with Gasteiger partial charge in [-0.05, 0) is 35.6 Å². The van der Waals surface area contributed by atoms with E-state index in [0.29, 0.717) is 13.0 Å². The Bertz CT molecular complexity index is 927. The molecule has 0 aliphatic carbocycles. The number of amides is 1. The van der Waals surface area contributed by atoms with Crippen LogP contribution in [0.5, 0.6) is 5.75 Å². The Kier molecular flexibility index (Phi) is 10.6. The summed E-state index contributed by atoms with van der Waals surface area (Å²) >= 11 is 0. The summed E-state index contributed by atoms with van der Waals surface area (Å²) in [6.07, 6.45) is 0.871. The maximum absolute atomic E-state index is 12.6. The number of benzene rings is 2. The molecule has 0 spiro atoms. The van der Waals surface area contributed by atoms with E-state index in [-0.39, 0.29) is 24.5 Å². The van der Waals surface area contributed by atoms with E-state index in [1.807, 2.05) is 68.4 Å². The van der Waals surface area contributed by atoms with Crippen molar-refractivity contribution in [3.63, 3.8) is 0 Å². The lowest BCUT2D eigenvalue weighted by molar-refractivity contribution is -0.134. The van der Waals surface area contributed by atoms with Gasteiger partial charge in [0.1, 0.15) is 5.75 Å². The van der Waals surface area contributed by atoms with E-state index in [4.69, 9.17) is 4.74 Å². The van der Waals surface area contributed by atoms with Crippen LogP contribution < -0.4 is 15.4 Å². The molecule has 0 saturated heterocycles. The molecule has 0 bridgehead atoms. The maximum Gasteiger partial charge on any atom is 0.331 e. The van der Waals surface area contributed by atoms with E-state index in [1.165, 1.54) is 0 Å². The van der Waals surface area contributed by atoms with Gasteiger partial charge in [-0.1, -0.05) is 62.4 Å². The highest BCUT2D eigenvalue weighted by Crippen LogP contribution is 2.13. The fraction of sp³-hybridized carbons (Fsp3) is 0.385. The second kappa shape index (κ2) is 13.4. The number of aliphatic hydroxyl groups is 1. The van der Waals surface area contributed by atoms with Crippen LogP contribution in [-0.4, -0.2) is 47.9 Å². The molecule has 7 nitrogen and oxygen atoms in total.